The molecule has 0 heterocycles. The average molecular weight is 356 g/mol. The number of carbonyl (C=O) groups excluding carboxylic acids is 1. The molecule has 0 saturated carbocycles. The molecule has 2 N–H and O–H groups in total. The molecule has 0 spiro atoms. The van der Waals surface area contributed by atoms with Crippen molar-refractivity contribution in [3.63, 3.8) is 0 Å². The second-order valence-electron chi connectivity index (χ2n) is 5.52. The number of hydrogen-bond acceptors (Lipinski definition) is 3. The van der Waals surface area contributed by atoms with E-state index in [4.69, 9.17) is 4.74 Å². The number of nitrogens with one attached hydrogen (secondary N) is 2. The third-order valence-corrected chi connectivity index (χ3v) is 3.28. The van der Waals surface area contributed by atoms with E-state index in [0.717, 1.165) is 24.6 Å². The molecule has 0 bridgehead atoms. The summed E-state index contributed by atoms with van der Waals surface area (Å²) in [7, 11) is 3.30. The van der Waals surface area contributed by atoms with Crippen LogP contribution in [-0.4, -0.2) is 57.2 Å². The number of halogens is 2. The lowest BCUT2D eigenvalue weighted by Gasteiger charge is -2.15. The van der Waals surface area contributed by atoms with Gasteiger partial charge >= 0.3 is 0 Å². The number of hydrogen-bond donors (Lipinski definition) is 2. The zero-order valence-corrected chi connectivity index (χ0v) is 14.9. The van der Waals surface area contributed by atoms with Gasteiger partial charge in [-0.25, -0.2) is 13.8 Å². The van der Waals surface area contributed by atoms with Gasteiger partial charge in [0.05, 0.1) is 13.1 Å². The first-order valence-electron chi connectivity index (χ1n) is 8.18. The minimum atomic E-state index is -0.523. The van der Waals surface area contributed by atoms with E-state index in [1.807, 2.05) is 6.92 Å². The SMILES string of the molecule is CCOCCCNC(=NCc1cc(F)ccc1F)NCC(=O)N(C)C. The highest BCUT2D eigenvalue weighted by Gasteiger charge is 2.07. The van der Waals surface area contributed by atoms with E-state index in [1.165, 1.54) is 4.90 Å². The fourth-order valence-electron chi connectivity index (χ4n) is 1.85. The second-order valence-corrected chi connectivity index (χ2v) is 5.52. The van der Waals surface area contributed by atoms with E-state index >= 15 is 0 Å². The van der Waals surface area contributed by atoms with E-state index in [9.17, 15) is 13.6 Å². The van der Waals surface area contributed by atoms with Gasteiger partial charge in [-0.3, -0.25) is 4.79 Å². The summed E-state index contributed by atoms with van der Waals surface area (Å²) in [6.45, 7) is 3.76. The fraction of sp³-hybridized carbons (Fsp3) is 0.529. The van der Waals surface area contributed by atoms with E-state index in [0.29, 0.717) is 25.7 Å². The lowest BCUT2D eigenvalue weighted by Crippen LogP contribution is -2.43. The summed E-state index contributed by atoms with van der Waals surface area (Å²) in [5.41, 5.74) is 0.148. The van der Waals surface area contributed by atoms with Crippen molar-refractivity contribution < 1.29 is 18.3 Å². The number of guanidine groups is 1. The topological polar surface area (TPSA) is 66.0 Å². The lowest BCUT2D eigenvalue weighted by molar-refractivity contribution is -0.127. The Balaban J connectivity index is 2.67. The predicted molar refractivity (Wildman–Crippen MR) is 93.3 cm³/mol. The maximum absolute atomic E-state index is 13.7. The third-order valence-electron chi connectivity index (χ3n) is 3.28. The van der Waals surface area contributed by atoms with Crippen LogP contribution in [0.5, 0.6) is 0 Å². The molecule has 1 aromatic carbocycles. The second kappa shape index (κ2) is 11.4. The number of ether oxygens (including phenoxy) is 1. The number of benzene rings is 1. The summed E-state index contributed by atoms with van der Waals surface area (Å²) in [6, 6.07) is 3.23. The molecule has 0 aliphatic rings. The van der Waals surface area contributed by atoms with Gasteiger partial charge in [0.15, 0.2) is 5.96 Å². The quantitative estimate of drug-likeness (QED) is 0.400. The maximum atomic E-state index is 13.7. The van der Waals surface area contributed by atoms with Crippen molar-refractivity contribution in [2.24, 2.45) is 4.99 Å². The average Bonchev–Trinajstić information content (AvgIpc) is 2.58. The monoisotopic (exact) mass is 356 g/mol. The summed E-state index contributed by atoms with van der Waals surface area (Å²) in [6.07, 6.45) is 0.754. The van der Waals surface area contributed by atoms with Crippen LogP contribution >= 0.6 is 0 Å². The highest BCUT2D eigenvalue weighted by molar-refractivity contribution is 5.86. The van der Waals surface area contributed by atoms with Gasteiger partial charge in [-0.2, -0.15) is 0 Å². The molecule has 0 fully saturated rings. The van der Waals surface area contributed by atoms with Crippen LogP contribution < -0.4 is 10.6 Å². The van der Waals surface area contributed by atoms with Crippen LogP contribution in [0, 0.1) is 11.6 Å². The van der Waals surface area contributed by atoms with Crippen molar-refractivity contribution in [2.45, 2.75) is 19.9 Å². The molecule has 0 aliphatic heterocycles. The number of aliphatic imine (C=N–C) groups is 1. The maximum Gasteiger partial charge on any atom is 0.241 e. The third kappa shape index (κ3) is 8.44. The molecule has 0 aromatic heterocycles. The molecule has 1 aromatic rings. The largest absolute Gasteiger partial charge is 0.382 e. The predicted octanol–water partition coefficient (Wildman–Crippen LogP) is 1.51. The molecule has 0 aliphatic carbocycles. The van der Waals surface area contributed by atoms with Crippen molar-refractivity contribution in [1.82, 2.24) is 15.5 Å². The minimum Gasteiger partial charge on any atom is -0.382 e. The van der Waals surface area contributed by atoms with Gasteiger partial charge in [0.1, 0.15) is 11.6 Å². The normalized spacial score (nSPS) is 11.3. The Kier molecular flexibility index (Phi) is 9.46. The van der Waals surface area contributed by atoms with Crippen LogP contribution in [0.2, 0.25) is 0 Å². The molecule has 140 valence electrons. The number of carbonyl (C=O) groups is 1. The Morgan fingerprint density at radius 2 is 2.04 bits per heavy atom. The van der Waals surface area contributed by atoms with Crippen molar-refractivity contribution in [1.29, 1.82) is 0 Å². The van der Waals surface area contributed by atoms with E-state index in [1.54, 1.807) is 14.1 Å². The van der Waals surface area contributed by atoms with Crippen LogP contribution in [0.25, 0.3) is 0 Å². The molecule has 0 atom stereocenters. The first kappa shape index (κ1) is 20.8. The first-order chi connectivity index (χ1) is 11.9. The zero-order valence-electron chi connectivity index (χ0n) is 14.9. The molecule has 25 heavy (non-hydrogen) atoms. The number of rotatable bonds is 9. The van der Waals surface area contributed by atoms with Gasteiger partial charge in [-0.05, 0) is 31.5 Å². The number of nitrogens with zero attached hydrogens (tertiary/aromatic N) is 2. The van der Waals surface area contributed by atoms with Crippen molar-refractivity contribution in [2.75, 3.05) is 40.4 Å². The van der Waals surface area contributed by atoms with E-state index in [2.05, 4.69) is 15.6 Å². The van der Waals surface area contributed by atoms with Gasteiger partial charge in [0.2, 0.25) is 5.91 Å². The summed E-state index contributed by atoms with van der Waals surface area (Å²) >= 11 is 0. The van der Waals surface area contributed by atoms with Crippen molar-refractivity contribution in [3.05, 3.63) is 35.4 Å². The summed E-state index contributed by atoms with van der Waals surface area (Å²) in [5, 5.41) is 5.94. The van der Waals surface area contributed by atoms with Crippen LogP contribution in [0.3, 0.4) is 0 Å². The van der Waals surface area contributed by atoms with Crippen molar-refractivity contribution >= 4 is 11.9 Å². The molecular formula is C17H26F2N4O2. The van der Waals surface area contributed by atoms with Gasteiger partial charge in [-0.15, -0.1) is 0 Å². The summed E-state index contributed by atoms with van der Waals surface area (Å²) in [5.74, 6) is -0.810. The Bertz CT molecular complexity index is 580. The van der Waals surface area contributed by atoms with Gasteiger partial charge in [-0.1, -0.05) is 0 Å². The smallest absolute Gasteiger partial charge is 0.241 e. The van der Waals surface area contributed by atoms with Gasteiger partial charge in [0.25, 0.3) is 0 Å². The molecule has 8 heteroatoms. The Labute approximate surface area is 147 Å². The van der Waals surface area contributed by atoms with Crippen LogP contribution in [0.15, 0.2) is 23.2 Å². The molecule has 1 rings (SSSR count). The lowest BCUT2D eigenvalue weighted by atomic mass is 10.2. The van der Waals surface area contributed by atoms with Crippen LogP contribution in [0.1, 0.15) is 18.9 Å². The Morgan fingerprint density at radius 1 is 1.28 bits per heavy atom. The highest BCUT2D eigenvalue weighted by atomic mass is 19.1. The Morgan fingerprint density at radius 3 is 2.72 bits per heavy atom. The zero-order chi connectivity index (χ0) is 18.7. The fourth-order valence-corrected chi connectivity index (χ4v) is 1.85. The number of amides is 1. The molecule has 0 unspecified atom stereocenters. The van der Waals surface area contributed by atoms with Crippen molar-refractivity contribution in [3.8, 4) is 0 Å². The Hall–Kier alpha value is -2.22. The number of likely N-dealkylation sites (N-methyl/N-ethyl adjacent to an activating group) is 1. The standard InChI is InChI=1S/C17H26F2N4O2/c1-4-25-9-5-8-20-17(22-12-16(24)23(2)3)21-11-13-10-14(18)6-7-15(13)19/h6-7,10H,4-5,8-9,11-12H2,1-3H3,(H2,20,21,22). The van der Waals surface area contributed by atoms with Gasteiger partial charge in [0, 0.05) is 39.4 Å². The molecule has 0 radical (unpaired) electrons. The first-order valence-corrected chi connectivity index (χ1v) is 8.18. The van der Waals surface area contributed by atoms with E-state index < -0.39 is 11.6 Å². The highest BCUT2D eigenvalue weighted by Crippen LogP contribution is 2.10. The minimum absolute atomic E-state index is 0.0411. The molecule has 0 saturated heterocycles. The molecule has 1 amide bonds. The summed E-state index contributed by atoms with van der Waals surface area (Å²) in [4.78, 5) is 17.4. The molecule has 6 nitrogen and oxygen atoms in total. The molecular weight excluding hydrogens is 330 g/mol. The summed E-state index contributed by atoms with van der Waals surface area (Å²) < 4.78 is 32.2. The van der Waals surface area contributed by atoms with Crippen LogP contribution in [-0.2, 0) is 16.1 Å². The van der Waals surface area contributed by atoms with Crippen LogP contribution in [0.4, 0.5) is 8.78 Å². The van der Waals surface area contributed by atoms with Gasteiger partial charge < -0.3 is 20.3 Å². The van der Waals surface area contributed by atoms with E-state index in [-0.39, 0.29) is 24.6 Å².